The predicted octanol–water partition coefficient (Wildman–Crippen LogP) is 0.609. The highest BCUT2D eigenvalue weighted by Crippen LogP contribution is 2.17. The largest absolute Gasteiger partial charge is 0.481 e. The van der Waals surface area contributed by atoms with Crippen molar-refractivity contribution < 1.29 is 78.6 Å². The Hall–Kier alpha value is -6.76. The number of carbonyl (C=O) groups is 10. The van der Waals surface area contributed by atoms with E-state index in [2.05, 4.69) is 21.3 Å². The van der Waals surface area contributed by atoms with Gasteiger partial charge in [-0.15, -0.1) is 0 Å². The standard InChI is InChI=1S/C48H70N8O16/c57-36(29-53-19-21-54(30-42(61)62)23-25-56(32-44(65)66)26-24-55(22-20-53)31-43(63)64)11-3-1-2-4-13-40(58)50-39(28-33-14-15-34-9-5-6-10-35(34)27-33)45(67)49-18-8-7-12-37(46(68)69)51-48(72)52-38(47(70)71)16-17-41(59)60/h5-6,9-10,14-15,27,37-39H,1-4,7-8,11-13,16-26,28-32H2,(H,49,67)(H,50,58)(H,59,60)(H,61,62)(H,63,64)(H,65,66)(H,68,69)(H,70,71)(H2,51,52,72)/t37-,38-,39?/m0/s1. The number of aliphatic carboxylic acids is 6. The van der Waals surface area contributed by atoms with E-state index in [-0.39, 0.29) is 103 Å². The van der Waals surface area contributed by atoms with Crippen LogP contribution >= 0.6 is 0 Å². The number of urea groups is 1. The van der Waals surface area contributed by atoms with Crippen LogP contribution in [0.15, 0.2) is 42.5 Å². The molecule has 1 aliphatic heterocycles. The third-order valence-corrected chi connectivity index (χ3v) is 12.0. The molecule has 3 atom stereocenters. The van der Waals surface area contributed by atoms with E-state index in [1.165, 1.54) is 0 Å². The van der Waals surface area contributed by atoms with Crippen molar-refractivity contribution in [2.45, 2.75) is 95.2 Å². The van der Waals surface area contributed by atoms with Gasteiger partial charge in [0, 0.05) is 84.6 Å². The first-order valence-corrected chi connectivity index (χ1v) is 24.1. The highest BCUT2D eigenvalue weighted by molar-refractivity contribution is 5.89. The molecule has 0 radical (unpaired) electrons. The number of Topliss-reactive ketones (excluding diaryl/α,β-unsaturated/α-hetero) is 1. The molecule has 0 aliphatic carbocycles. The average molecular weight is 1020 g/mol. The summed E-state index contributed by atoms with van der Waals surface area (Å²) in [4.78, 5) is 128. The molecule has 3 rings (SSSR count). The van der Waals surface area contributed by atoms with Crippen molar-refractivity contribution in [1.29, 1.82) is 0 Å². The molecule has 0 spiro atoms. The van der Waals surface area contributed by atoms with Crippen LogP contribution in [-0.4, -0.2) is 213 Å². The molecular formula is C48H70N8O16. The lowest BCUT2D eigenvalue weighted by atomic mass is 10.0. The van der Waals surface area contributed by atoms with Gasteiger partial charge in [-0.25, -0.2) is 14.4 Å². The van der Waals surface area contributed by atoms with E-state index in [1.54, 1.807) is 14.7 Å². The molecule has 4 amide bonds. The highest BCUT2D eigenvalue weighted by atomic mass is 16.4. The zero-order valence-corrected chi connectivity index (χ0v) is 40.5. The van der Waals surface area contributed by atoms with Crippen LogP contribution in [0.3, 0.4) is 0 Å². The first-order chi connectivity index (χ1) is 34.3. The van der Waals surface area contributed by atoms with Gasteiger partial charge in [0.25, 0.3) is 0 Å². The quantitative estimate of drug-likeness (QED) is 0.0463. The van der Waals surface area contributed by atoms with Crippen molar-refractivity contribution in [3.05, 3.63) is 48.0 Å². The van der Waals surface area contributed by atoms with Gasteiger partial charge in [-0.3, -0.25) is 53.2 Å². The summed E-state index contributed by atoms with van der Waals surface area (Å²) in [6.45, 7) is 1.68. The molecule has 1 unspecified atom stereocenters. The summed E-state index contributed by atoms with van der Waals surface area (Å²) < 4.78 is 0. The summed E-state index contributed by atoms with van der Waals surface area (Å²) in [5.41, 5.74) is 0.799. The number of nitrogens with one attached hydrogen (secondary N) is 4. The molecule has 0 aromatic heterocycles. The number of hydrogen-bond acceptors (Lipinski definition) is 14. The predicted molar refractivity (Wildman–Crippen MR) is 259 cm³/mol. The normalized spacial score (nSPS) is 15.7. The van der Waals surface area contributed by atoms with Crippen LogP contribution in [-0.2, 0) is 49.6 Å². The first-order valence-electron chi connectivity index (χ1n) is 24.1. The number of fused-ring (bicyclic) bond motifs is 1. The third kappa shape index (κ3) is 24.9. The Kier molecular flexibility index (Phi) is 26.7. The topological polar surface area (TPSA) is 353 Å². The van der Waals surface area contributed by atoms with Crippen molar-refractivity contribution in [2.75, 3.05) is 85.1 Å². The Morgan fingerprint density at radius 2 is 0.958 bits per heavy atom. The SMILES string of the molecule is O=C(O)CC[C@H](NC(=O)N[C@@H](CCCCNC(=O)C(Cc1ccc2ccccc2c1)NC(=O)CCCCCCC(=O)CN1CCN(CC(=O)O)CCN(CC(=O)O)CCN(CC(=O)O)CC1)C(=O)O)C(=O)O. The van der Waals surface area contributed by atoms with Gasteiger partial charge in [0.15, 0.2) is 0 Å². The van der Waals surface area contributed by atoms with Crippen molar-refractivity contribution in [1.82, 2.24) is 40.9 Å². The Labute approximate surface area is 417 Å². The third-order valence-electron chi connectivity index (χ3n) is 12.0. The number of benzene rings is 2. The Morgan fingerprint density at radius 1 is 0.472 bits per heavy atom. The molecule has 0 bridgehead atoms. The van der Waals surface area contributed by atoms with E-state index in [9.17, 15) is 73.5 Å². The van der Waals surface area contributed by atoms with Gasteiger partial charge in [-0.1, -0.05) is 55.3 Å². The summed E-state index contributed by atoms with van der Waals surface area (Å²) in [7, 11) is 0. The number of carboxylic acid groups (broad SMARTS) is 6. The number of nitrogens with zero attached hydrogens (tertiary/aromatic N) is 4. The van der Waals surface area contributed by atoms with E-state index < -0.39 is 78.7 Å². The fraction of sp³-hybridized carbons (Fsp3) is 0.583. The highest BCUT2D eigenvalue weighted by Gasteiger charge is 2.26. The van der Waals surface area contributed by atoms with Gasteiger partial charge in [-0.05, 0) is 54.9 Å². The maximum atomic E-state index is 13.6. The lowest BCUT2D eigenvalue weighted by Crippen LogP contribution is -2.51. The summed E-state index contributed by atoms with van der Waals surface area (Å²) in [5.74, 6) is -8.14. The molecule has 1 heterocycles. The summed E-state index contributed by atoms with van der Waals surface area (Å²) in [6, 6.07) is 8.40. The maximum absolute atomic E-state index is 13.6. The van der Waals surface area contributed by atoms with Crippen LogP contribution in [0.4, 0.5) is 4.79 Å². The number of amides is 4. The van der Waals surface area contributed by atoms with E-state index in [0.29, 0.717) is 58.3 Å². The number of rotatable bonds is 31. The summed E-state index contributed by atoms with van der Waals surface area (Å²) in [5, 5.41) is 68.0. The van der Waals surface area contributed by atoms with Crippen LogP contribution < -0.4 is 21.3 Å². The van der Waals surface area contributed by atoms with Gasteiger partial charge in [0.05, 0.1) is 26.2 Å². The van der Waals surface area contributed by atoms with E-state index in [1.807, 2.05) is 47.4 Å². The van der Waals surface area contributed by atoms with E-state index in [4.69, 9.17) is 5.11 Å². The molecular weight excluding hydrogens is 945 g/mol. The van der Waals surface area contributed by atoms with Crippen molar-refractivity contribution in [3.63, 3.8) is 0 Å². The Morgan fingerprint density at radius 3 is 1.46 bits per heavy atom. The van der Waals surface area contributed by atoms with Gasteiger partial charge in [0.1, 0.15) is 23.9 Å². The average Bonchev–Trinajstić information content (AvgIpc) is 3.30. The minimum Gasteiger partial charge on any atom is -0.481 e. The molecule has 2 aromatic rings. The molecule has 72 heavy (non-hydrogen) atoms. The van der Waals surface area contributed by atoms with Gasteiger partial charge in [0.2, 0.25) is 11.8 Å². The second kappa shape index (κ2) is 32.3. The number of unbranched alkanes of at least 4 members (excludes halogenated alkanes) is 4. The van der Waals surface area contributed by atoms with Gasteiger partial charge in [-0.2, -0.15) is 0 Å². The van der Waals surface area contributed by atoms with E-state index >= 15 is 0 Å². The van der Waals surface area contributed by atoms with E-state index in [0.717, 1.165) is 16.3 Å². The minimum atomic E-state index is -1.55. The molecule has 24 heteroatoms. The monoisotopic (exact) mass is 1010 g/mol. The van der Waals surface area contributed by atoms with Gasteiger partial charge < -0.3 is 51.9 Å². The minimum absolute atomic E-state index is 0.0484. The van der Waals surface area contributed by atoms with Crippen LogP contribution in [0, 0.1) is 0 Å². The van der Waals surface area contributed by atoms with Crippen LogP contribution in [0.5, 0.6) is 0 Å². The number of carbonyl (C=O) groups excluding carboxylic acids is 4. The lowest BCUT2D eigenvalue weighted by Gasteiger charge is -2.32. The Balaban J connectivity index is 1.51. The van der Waals surface area contributed by atoms with Crippen molar-refractivity contribution in [3.8, 4) is 0 Å². The van der Waals surface area contributed by atoms with Crippen molar-refractivity contribution in [2.24, 2.45) is 0 Å². The molecule has 1 saturated heterocycles. The van der Waals surface area contributed by atoms with Crippen LogP contribution in [0.2, 0.25) is 0 Å². The zero-order valence-electron chi connectivity index (χ0n) is 40.5. The summed E-state index contributed by atoms with van der Waals surface area (Å²) in [6.07, 6.45) is 2.34. The molecule has 398 valence electrons. The fourth-order valence-corrected chi connectivity index (χ4v) is 8.10. The van der Waals surface area contributed by atoms with Crippen molar-refractivity contribution >= 4 is 70.2 Å². The lowest BCUT2D eigenvalue weighted by molar-refractivity contribution is -0.141. The zero-order chi connectivity index (χ0) is 53.0. The van der Waals surface area contributed by atoms with Crippen LogP contribution in [0.25, 0.3) is 10.8 Å². The van der Waals surface area contributed by atoms with Crippen LogP contribution in [0.1, 0.15) is 76.2 Å². The second-order valence-electron chi connectivity index (χ2n) is 17.9. The van der Waals surface area contributed by atoms with Gasteiger partial charge >= 0.3 is 41.8 Å². The summed E-state index contributed by atoms with van der Waals surface area (Å²) >= 11 is 0. The maximum Gasteiger partial charge on any atom is 0.326 e. The number of hydrogen-bond donors (Lipinski definition) is 10. The molecule has 1 fully saturated rings. The molecule has 1 aliphatic rings. The first kappa shape index (κ1) is 59.5. The number of ketones is 1. The Bertz CT molecular complexity index is 2130. The molecule has 10 N–H and O–H groups in total. The smallest absolute Gasteiger partial charge is 0.326 e. The second-order valence-corrected chi connectivity index (χ2v) is 17.9. The number of carboxylic acids is 6. The molecule has 0 saturated carbocycles. The fourth-order valence-electron chi connectivity index (χ4n) is 8.10. The molecule has 24 nitrogen and oxygen atoms in total. The molecule has 2 aromatic carbocycles.